The molecular weight excluding hydrogens is 439 g/mol. The summed E-state index contributed by atoms with van der Waals surface area (Å²) in [4.78, 5) is 19.6. The molecule has 3 rings (SSSR count). The summed E-state index contributed by atoms with van der Waals surface area (Å²) in [6.07, 6.45) is -2.67. The Bertz CT molecular complexity index is 1150. The minimum atomic E-state index is -4.37. The third kappa shape index (κ3) is 6.04. The van der Waals surface area contributed by atoms with Crippen LogP contribution < -0.4 is 5.32 Å². The molecule has 3 aromatic rings. The molecule has 2 aromatic carbocycles. The lowest BCUT2D eigenvalue weighted by atomic mass is 10.1. The number of rotatable bonds is 7. The SMILES string of the molecule is C/C=C(\N=C(/C)c1ccc(C(F)(F)F)cc1)c1ccc(Nc2nc(CC(=O)O)cs2)cc1. The lowest BCUT2D eigenvalue weighted by molar-refractivity contribution is -0.138. The second-order valence-corrected chi connectivity index (χ2v) is 7.72. The summed E-state index contributed by atoms with van der Waals surface area (Å²) in [5, 5.41) is 14.3. The maximum absolute atomic E-state index is 12.8. The van der Waals surface area contributed by atoms with Crippen LogP contribution in [0.15, 0.2) is 65.0 Å². The van der Waals surface area contributed by atoms with Crippen LogP contribution in [0.4, 0.5) is 24.0 Å². The fraction of sp³-hybridized carbons (Fsp3) is 0.174. The Morgan fingerprint density at radius 3 is 2.31 bits per heavy atom. The molecule has 0 aliphatic rings. The van der Waals surface area contributed by atoms with Gasteiger partial charge in [0.2, 0.25) is 0 Å². The zero-order valence-electron chi connectivity index (χ0n) is 17.3. The van der Waals surface area contributed by atoms with Gasteiger partial charge in [-0.05, 0) is 49.2 Å². The number of anilines is 2. The van der Waals surface area contributed by atoms with Crippen LogP contribution in [0.25, 0.3) is 5.70 Å². The molecule has 9 heteroatoms. The smallest absolute Gasteiger partial charge is 0.416 e. The van der Waals surface area contributed by atoms with Crippen LogP contribution in [0.3, 0.4) is 0 Å². The van der Waals surface area contributed by atoms with Crippen molar-refractivity contribution in [3.8, 4) is 0 Å². The molecule has 5 nitrogen and oxygen atoms in total. The van der Waals surface area contributed by atoms with Crippen molar-refractivity contribution < 1.29 is 23.1 Å². The number of benzene rings is 2. The predicted octanol–water partition coefficient (Wildman–Crippen LogP) is 6.40. The normalized spacial score (nSPS) is 12.7. The Labute approximate surface area is 187 Å². The molecule has 1 heterocycles. The highest BCUT2D eigenvalue weighted by Crippen LogP contribution is 2.29. The largest absolute Gasteiger partial charge is 0.481 e. The number of aromatic nitrogens is 1. The van der Waals surface area contributed by atoms with Crippen molar-refractivity contribution >= 4 is 39.5 Å². The standard InChI is InChI=1S/C23H20F3N3O2S/c1-3-20(27-14(2)15-4-8-17(9-5-15)23(24,25)26)16-6-10-18(11-7-16)28-22-29-19(13-32-22)12-21(30)31/h3-11,13H,12H2,1-2H3,(H,28,29)(H,30,31)/b20-3-,27-14+. The average Bonchev–Trinajstić information content (AvgIpc) is 3.18. The van der Waals surface area contributed by atoms with Gasteiger partial charge in [-0.1, -0.05) is 30.3 Å². The first-order chi connectivity index (χ1) is 15.2. The number of hydrogen-bond donors (Lipinski definition) is 2. The highest BCUT2D eigenvalue weighted by atomic mass is 32.1. The minimum Gasteiger partial charge on any atom is -0.481 e. The van der Waals surface area contributed by atoms with Crippen molar-refractivity contribution in [2.75, 3.05) is 5.32 Å². The second kappa shape index (κ2) is 9.78. The molecule has 0 amide bonds. The van der Waals surface area contributed by atoms with Gasteiger partial charge in [-0.2, -0.15) is 13.2 Å². The van der Waals surface area contributed by atoms with Gasteiger partial charge in [0.25, 0.3) is 0 Å². The summed E-state index contributed by atoms with van der Waals surface area (Å²) < 4.78 is 38.3. The summed E-state index contributed by atoms with van der Waals surface area (Å²) >= 11 is 1.32. The molecule has 166 valence electrons. The van der Waals surface area contributed by atoms with Crippen LogP contribution in [0, 0.1) is 0 Å². The van der Waals surface area contributed by atoms with Crippen LogP contribution >= 0.6 is 11.3 Å². The summed E-state index contributed by atoms with van der Waals surface area (Å²) in [6.45, 7) is 3.59. The fourth-order valence-electron chi connectivity index (χ4n) is 2.89. The summed E-state index contributed by atoms with van der Waals surface area (Å²) in [6, 6.07) is 12.3. The van der Waals surface area contributed by atoms with Crippen LogP contribution in [0.2, 0.25) is 0 Å². The number of alkyl halides is 3. The fourth-order valence-corrected chi connectivity index (χ4v) is 3.62. The number of carboxylic acid groups (broad SMARTS) is 1. The average molecular weight is 459 g/mol. The van der Waals surface area contributed by atoms with Crippen LogP contribution in [-0.4, -0.2) is 21.8 Å². The summed E-state index contributed by atoms with van der Waals surface area (Å²) in [5.74, 6) is -0.933. The first-order valence-electron chi connectivity index (χ1n) is 9.58. The van der Waals surface area contributed by atoms with Gasteiger partial charge in [0.15, 0.2) is 5.13 Å². The van der Waals surface area contributed by atoms with Crippen LogP contribution in [-0.2, 0) is 17.4 Å². The van der Waals surface area contributed by atoms with Crippen LogP contribution in [0.5, 0.6) is 0 Å². The zero-order chi connectivity index (χ0) is 23.3. The number of aliphatic carboxylic acids is 1. The van der Waals surface area contributed by atoms with E-state index in [9.17, 15) is 18.0 Å². The molecule has 32 heavy (non-hydrogen) atoms. The van der Waals surface area contributed by atoms with E-state index < -0.39 is 17.7 Å². The Balaban J connectivity index is 1.72. The minimum absolute atomic E-state index is 0.127. The Kier molecular flexibility index (Phi) is 7.09. The molecule has 0 atom stereocenters. The van der Waals surface area contributed by atoms with Crippen molar-refractivity contribution in [1.29, 1.82) is 0 Å². The molecule has 0 saturated carbocycles. The highest BCUT2D eigenvalue weighted by molar-refractivity contribution is 7.13. The van der Waals surface area contributed by atoms with Crippen molar-refractivity contribution in [1.82, 2.24) is 4.98 Å². The number of thiazole rings is 1. The van der Waals surface area contributed by atoms with Crippen molar-refractivity contribution in [2.45, 2.75) is 26.4 Å². The van der Waals surface area contributed by atoms with Crippen molar-refractivity contribution in [2.24, 2.45) is 4.99 Å². The monoisotopic (exact) mass is 459 g/mol. The molecule has 0 bridgehead atoms. The lowest BCUT2D eigenvalue weighted by Crippen LogP contribution is -2.05. The van der Waals surface area contributed by atoms with Gasteiger partial charge in [0.1, 0.15) is 0 Å². The van der Waals surface area contributed by atoms with Crippen LogP contribution in [0.1, 0.15) is 36.2 Å². The Morgan fingerprint density at radius 2 is 1.75 bits per heavy atom. The number of carboxylic acids is 1. The molecule has 0 radical (unpaired) electrons. The third-order valence-corrected chi connectivity index (χ3v) is 5.31. The van der Waals surface area contributed by atoms with Crippen molar-refractivity contribution in [3.05, 3.63) is 82.4 Å². The van der Waals surface area contributed by atoms with Gasteiger partial charge in [0, 0.05) is 16.8 Å². The van der Waals surface area contributed by atoms with E-state index in [0.29, 0.717) is 27.8 Å². The maximum Gasteiger partial charge on any atom is 0.416 e. The van der Waals surface area contributed by atoms with E-state index in [4.69, 9.17) is 5.11 Å². The van der Waals surface area contributed by atoms with Crippen molar-refractivity contribution in [3.63, 3.8) is 0 Å². The number of nitrogens with zero attached hydrogens (tertiary/aromatic N) is 2. The topological polar surface area (TPSA) is 74.6 Å². The molecule has 0 aliphatic heterocycles. The van der Waals surface area contributed by atoms with Gasteiger partial charge in [-0.25, -0.2) is 4.98 Å². The van der Waals surface area contributed by atoms with E-state index in [2.05, 4.69) is 15.3 Å². The highest BCUT2D eigenvalue weighted by Gasteiger charge is 2.30. The van der Waals surface area contributed by atoms with E-state index in [0.717, 1.165) is 23.4 Å². The number of aliphatic imine (C=N–C) groups is 1. The van der Waals surface area contributed by atoms with Gasteiger partial charge < -0.3 is 10.4 Å². The van der Waals surface area contributed by atoms with Gasteiger partial charge >= 0.3 is 12.1 Å². The van der Waals surface area contributed by atoms with E-state index >= 15 is 0 Å². The summed E-state index contributed by atoms with van der Waals surface area (Å²) in [5.41, 5.74) is 3.31. The Morgan fingerprint density at radius 1 is 1.12 bits per heavy atom. The first kappa shape index (κ1) is 23.2. The van der Waals surface area contributed by atoms with E-state index in [1.54, 1.807) is 12.3 Å². The van der Waals surface area contributed by atoms with Gasteiger partial charge in [-0.15, -0.1) is 11.3 Å². The number of allylic oxidation sites excluding steroid dienone is 1. The molecular formula is C23H20F3N3O2S. The molecule has 0 saturated heterocycles. The molecule has 2 N–H and O–H groups in total. The molecule has 0 aliphatic carbocycles. The number of nitrogens with one attached hydrogen (secondary N) is 1. The number of carbonyl (C=O) groups is 1. The molecule has 0 fully saturated rings. The van der Waals surface area contributed by atoms with E-state index in [-0.39, 0.29) is 6.42 Å². The molecule has 0 spiro atoms. The van der Waals surface area contributed by atoms with Gasteiger partial charge in [0.05, 0.1) is 23.4 Å². The number of halogens is 3. The van der Waals surface area contributed by atoms with E-state index in [1.165, 1.54) is 23.5 Å². The summed E-state index contributed by atoms with van der Waals surface area (Å²) in [7, 11) is 0. The zero-order valence-corrected chi connectivity index (χ0v) is 18.1. The predicted molar refractivity (Wildman–Crippen MR) is 120 cm³/mol. The Hall–Kier alpha value is -3.46. The van der Waals surface area contributed by atoms with Gasteiger partial charge in [-0.3, -0.25) is 9.79 Å². The van der Waals surface area contributed by atoms with E-state index in [1.807, 2.05) is 37.3 Å². The molecule has 1 aromatic heterocycles. The number of hydrogen-bond acceptors (Lipinski definition) is 5. The third-order valence-electron chi connectivity index (χ3n) is 4.51. The first-order valence-corrected chi connectivity index (χ1v) is 10.5. The molecule has 0 unspecified atom stereocenters. The second-order valence-electron chi connectivity index (χ2n) is 6.86. The quantitative estimate of drug-likeness (QED) is 0.401. The maximum atomic E-state index is 12.8. The lowest BCUT2D eigenvalue weighted by Gasteiger charge is -2.09.